The maximum Gasteiger partial charge on any atom is 0.335 e. The van der Waals surface area contributed by atoms with Crippen molar-refractivity contribution in [3.63, 3.8) is 0 Å². The maximum absolute atomic E-state index is 11.4. The van der Waals surface area contributed by atoms with Gasteiger partial charge in [0.05, 0.1) is 16.8 Å². The first kappa shape index (κ1) is 20.5. The lowest BCUT2D eigenvalue weighted by atomic mass is 10.1. The quantitative estimate of drug-likeness (QED) is 0.510. The fourth-order valence-corrected chi connectivity index (χ4v) is 3.68. The van der Waals surface area contributed by atoms with E-state index in [4.69, 9.17) is 0 Å². The molecule has 0 unspecified atom stereocenters. The lowest BCUT2D eigenvalue weighted by Gasteiger charge is -2.12. The van der Waals surface area contributed by atoms with Gasteiger partial charge in [-0.3, -0.25) is 4.99 Å². The van der Waals surface area contributed by atoms with E-state index in [2.05, 4.69) is 20.9 Å². The van der Waals surface area contributed by atoms with Crippen molar-refractivity contribution in [2.75, 3.05) is 0 Å². The zero-order valence-corrected chi connectivity index (χ0v) is 17.7. The Balaban J connectivity index is 2.07. The zero-order valence-electron chi connectivity index (χ0n) is 16.1. The van der Waals surface area contributed by atoms with E-state index in [1.54, 1.807) is 6.21 Å². The Bertz CT molecular complexity index is 1130. The summed E-state index contributed by atoms with van der Waals surface area (Å²) in [5.41, 5.74) is 4.75. The van der Waals surface area contributed by atoms with Gasteiger partial charge in [0.1, 0.15) is 0 Å². The van der Waals surface area contributed by atoms with Crippen molar-refractivity contribution in [2.45, 2.75) is 20.8 Å². The van der Waals surface area contributed by atoms with Crippen LogP contribution in [0.1, 0.15) is 43.2 Å². The van der Waals surface area contributed by atoms with Crippen LogP contribution in [-0.4, -0.2) is 32.9 Å². The van der Waals surface area contributed by atoms with Crippen LogP contribution in [0.4, 0.5) is 5.69 Å². The number of halogens is 1. The SMILES string of the molecule is Cc1cc(Br)ccc1N=Cc1cc(C)n(-c2cc(C(=O)O)cc(C(=O)O)c2)c1C. The minimum atomic E-state index is -1.18. The summed E-state index contributed by atoms with van der Waals surface area (Å²) in [6.45, 7) is 5.74. The van der Waals surface area contributed by atoms with E-state index in [9.17, 15) is 19.8 Å². The second-order valence-corrected chi connectivity index (χ2v) is 7.65. The van der Waals surface area contributed by atoms with Crippen LogP contribution >= 0.6 is 15.9 Å². The fourth-order valence-electron chi connectivity index (χ4n) is 3.21. The maximum atomic E-state index is 11.4. The molecule has 0 bridgehead atoms. The Kier molecular flexibility index (Phi) is 5.70. The minimum Gasteiger partial charge on any atom is -0.478 e. The van der Waals surface area contributed by atoms with Gasteiger partial charge < -0.3 is 14.8 Å². The average Bonchev–Trinajstić information content (AvgIpc) is 2.94. The monoisotopic (exact) mass is 454 g/mol. The molecule has 0 atom stereocenters. The lowest BCUT2D eigenvalue weighted by Crippen LogP contribution is -2.07. The molecular formula is C22H19BrN2O4. The molecule has 0 fully saturated rings. The number of benzene rings is 2. The summed E-state index contributed by atoms with van der Waals surface area (Å²) in [6, 6.07) is 11.9. The molecule has 3 rings (SSSR count). The first-order valence-electron chi connectivity index (χ1n) is 8.78. The summed E-state index contributed by atoms with van der Waals surface area (Å²) in [5, 5.41) is 18.7. The van der Waals surface area contributed by atoms with Gasteiger partial charge in [-0.2, -0.15) is 0 Å². The molecule has 0 aliphatic rings. The molecule has 0 aliphatic carbocycles. The number of carbonyl (C=O) groups is 2. The smallest absolute Gasteiger partial charge is 0.335 e. The van der Waals surface area contributed by atoms with Crippen molar-refractivity contribution < 1.29 is 19.8 Å². The molecule has 29 heavy (non-hydrogen) atoms. The number of nitrogens with zero attached hydrogens (tertiary/aromatic N) is 2. The summed E-state index contributed by atoms with van der Waals surface area (Å²) in [5.74, 6) is -2.35. The third kappa shape index (κ3) is 4.30. The topological polar surface area (TPSA) is 91.9 Å². The second-order valence-electron chi connectivity index (χ2n) is 6.73. The van der Waals surface area contributed by atoms with Crippen LogP contribution in [0, 0.1) is 20.8 Å². The highest BCUT2D eigenvalue weighted by Crippen LogP contribution is 2.25. The molecule has 0 aliphatic heterocycles. The van der Waals surface area contributed by atoms with E-state index in [-0.39, 0.29) is 11.1 Å². The van der Waals surface area contributed by atoms with Crippen LogP contribution in [-0.2, 0) is 0 Å². The second kappa shape index (κ2) is 8.05. The summed E-state index contributed by atoms with van der Waals surface area (Å²) in [6.07, 6.45) is 1.76. The molecule has 6 nitrogen and oxygen atoms in total. The number of hydrogen-bond acceptors (Lipinski definition) is 3. The van der Waals surface area contributed by atoms with E-state index in [1.165, 1.54) is 12.1 Å². The Labute approximate surface area is 176 Å². The fraction of sp³-hybridized carbons (Fsp3) is 0.136. The van der Waals surface area contributed by atoms with Crippen LogP contribution in [0.15, 0.2) is 51.9 Å². The Morgan fingerprint density at radius 1 is 0.966 bits per heavy atom. The molecule has 0 saturated heterocycles. The predicted octanol–water partition coefficient (Wildman–Crippen LogP) is 5.31. The van der Waals surface area contributed by atoms with Crippen LogP contribution in [0.25, 0.3) is 5.69 Å². The third-order valence-electron chi connectivity index (χ3n) is 4.64. The van der Waals surface area contributed by atoms with Crippen molar-refractivity contribution in [3.05, 3.63) is 80.6 Å². The van der Waals surface area contributed by atoms with Crippen molar-refractivity contribution in [1.29, 1.82) is 0 Å². The minimum absolute atomic E-state index is 0.0758. The van der Waals surface area contributed by atoms with Gasteiger partial charge in [-0.1, -0.05) is 15.9 Å². The molecule has 148 valence electrons. The number of rotatable bonds is 5. The van der Waals surface area contributed by atoms with Gasteiger partial charge in [-0.15, -0.1) is 0 Å². The van der Waals surface area contributed by atoms with E-state index in [0.29, 0.717) is 5.69 Å². The molecule has 2 N–H and O–H groups in total. The van der Waals surface area contributed by atoms with E-state index in [1.807, 2.05) is 49.6 Å². The molecule has 7 heteroatoms. The van der Waals surface area contributed by atoms with Crippen molar-refractivity contribution in [2.24, 2.45) is 4.99 Å². The number of carboxylic acid groups (broad SMARTS) is 2. The molecule has 0 amide bonds. The number of aromatic nitrogens is 1. The summed E-state index contributed by atoms with van der Waals surface area (Å²) >= 11 is 3.44. The van der Waals surface area contributed by atoms with Gasteiger partial charge in [0, 0.05) is 33.3 Å². The number of hydrogen-bond donors (Lipinski definition) is 2. The van der Waals surface area contributed by atoms with E-state index >= 15 is 0 Å². The summed E-state index contributed by atoms with van der Waals surface area (Å²) in [4.78, 5) is 27.4. The zero-order chi connectivity index (χ0) is 21.3. The Morgan fingerprint density at radius 3 is 2.14 bits per heavy atom. The van der Waals surface area contributed by atoms with Crippen LogP contribution < -0.4 is 0 Å². The highest BCUT2D eigenvalue weighted by atomic mass is 79.9. The molecule has 0 saturated carbocycles. The molecule has 1 heterocycles. The molecule has 0 spiro atoms. The van der Waals surface area contributed by atoms with Gasteiger partial charge in [-0.25, -0.2) is 9.59 Å². The Hall–Kier alpha value is -3.19. The molecule has 1 aromatic heterocycles. The third-order valence-corrected chi connectivity index (χ3v) is 5.13. The first-order chi connectivity index (χ1) is 13.7. The van der Waals surface area contributed by atoms with E-state index in [0.717, 1.165) is 38.7 Å². The van der Waals surface area contributed by atoms with Gasteiger partial charge >= 0.3 is 11.9 Å². The highest BCUT2D eigenvalue weighted by molar-refractivity contribution is 9.10. The van der Waals surface area contributed by atoms with E-state index < -0.39 is 11.9 Å². The van der Waals surface area contributed by atoms with Gasteiger partial charge in [0.25, 0.3) is 0 Å². The average molecular weight is 455 g/mol. The van der Waals surface area contributed by atoms with Crippen LogP contribution in [0.2, 0.25) is 0 Å². The number of carboxylic acids is 2. The summed E-state index contributed by atoms with van der Waals surface area (Å²) in [7, 11) is 0. The number of aromatic carboxylic acids is 2. The van der Waals surface area contributed by atoms with Crippen molar-refractivity contribution in [3.8, 4) is 5.69 Å². The normalized spacial score (nSPS) is 11.2. The van der Waals surface area contributed by atoms with Gasteiger partial charge in [-0.05, 0) is 68.8 Å². The Morgan fingerprint density at radius 2 is 1.59 bits per heavy atom. The number of aliphatic imine (C=N–C) groups is 1. The molecule has 2 aromatic carbocycles. The molecular weight excluding hydrogens is 436 g/mol. The lowest BCUT2D eigenvalue weighted by molar-refractivity contribution is 0.0696. The number of aryl methyl sites for hydroxylation is 2. The highest BCUT2D eigenvalue weighted by Gasteiger charge is 2.16. The molecule has 0 radical (unpaired) electrons. The first-order valence-corrected chi connectivity index (χ1v) is 9.58. The van der Waals surface area contributed by atoms with Crippen molar-refractivity contribution >= 4 is 39.8 Å². The standard InChI is InChI=1S/C22H19BrN2O4/c1-12-6-18(23)4-5-20(12)24-11-17-7-13(2)25(14(17)3)19-9-15(21(26)27)8-16(10-19)22(28)29/h4-11H,1-3H3,(H,26,27)(H,28,29). The summed E-state index contributed by atoms with van der Waals surface area (Å²) < 4.78 is 2.81. The van der Waals surface area contributed by atoms with Gasteiger partial charge in [0.2, 0.25) is 0 Å². The van der Waals surface area contributed by atoms with Crippen LogP contribution in [0.5, 0.6) is 0 Å². The largest absolute Gasteiger partial charge is 0.478 e. The van der Waals surface area contributed by atoms with Crippen LogP contribution in [0.3, 0.4) is 0 Å². The van der Waals surface area contributed by atoms with Crippen molar-refractivity contribution in [1.82, 2.24) is 4.57 Å². The van der Waals surface area contributed by atoms with Gasteiger partial charge in [0.15, 0.2) is 0 Å². The molecule has 3 aromatic rings. The predicted molar refractivity (Wildman–Crippen MR) is 115 cm³/mol.